The topological polar surface area (TPSA) is 93.7 Å². The zero-order chi connectivity index (χ0) is 65.1. The van der Waals surface area contributed by atoms with Gasteiger partial charge >= 0.3 is 17.1 Å². The van der Waals surface area contributed by atoms with Crippen LogP contribution in [0.5, 0.6) is 0 Å². The fourth-order valence-corrected chi connectivity index (χ4v) is 13.5. The van der Waals surface area contributed by atoms with E-state index in [2.05, 4.69) is 20.8 Å². The molecule has 0 fully saturated rings. The van der Waals surface area contributed by atoms with Crippen LogP contribution in [0.15, 0.2) is 14.4 Å². The van der Waals surface area contributed by atoms with Crippen molar-refractivity contribution in [1.82, 2.24) is 13.7 Å². The highest BCUT2D eigenvalue weighted by Gasteiger charge is 2.17. The highest BCUT2D eigenvalue weighted by molar-refractivity contribution is 7.80. The van der Waals surface area contributed by atoms with Gasteiger partial charge in [-0.3, -0.25) is 0 Å². The van der Waals surface area contributed by atoms with Crippen LogP contribution in [0.3, 0.4) is 0 Å². The molecule has 0 saturated heterocycles. The smallest absolute Gasteiger partial charge is 0.336 e. The SMILES string of the molecule is CCCCCCCCCCCCCCCCCCCCCCC(=S)OCCn1c(=O)n(CCOC(=S)CCCCCCCCCCCCCCCCCCCCCC)c(=O)n(CCOC(=S)CCCCCCCCCCCCCCCCCCCCCC)c1=O. The first-order valence-corrected chi connectivity index (χ1v) is 40.9. The molecule has 0 unspecified atom stereocenters. The minimum Gasteiger partial charge on any atom is -0.485 e. The zero-order valence-electron chi connectivity index (χ0n) is 59.8. The molecule has 0 aliphatic rings. The third-order valence-electron chi connectivity index (χ3n) is 18.8. The van der Waals surface area contributed by atoms with E-state index in [0.29, 0.717) is 34.4 Å². The molecule has 0 aliphatic carbocycles. The standard InChI is InChI=1S/C78H147N3O6S3/c1-4-7-10-13-16-19-22-25-28-31-34-37-40-43-46-49-52-55-58-61-64-73(88)85-70-67-79-76(82)80(68-71-86-74(89)65-62-59-56-53-50-47-44-41-38-35-32-29-26-23-20-17-14-11-8-5-2)78(84)81(77(79)83)69-72-87-75(90)66-63-60-57-54-51-48-45-42-39-36-33-30-27-24-21-18-15-12-9-6-3/h4-72H2,1-3H3. The maximum absolute atomic E-state index is 13.9. The fraction of sp³-hybridized carbons (Fsp3) is 0.923. The van der Waals surface area contributed by atoms with Crippen LogP contribution in [0.4, 0.5) is 0 Å². The van der Waals surface area contributed by atoms with Gasteiger partial charge in [-0.15, -0.1) is 0 Å². The normalized spacial score (nSPS) is 11.5. The molecule has 0 aromatic carbocycles. The highest BCUT2D eigenvalue weighted by atomic mass is 32.1. The third-order valence-corrected chi connectivity index (χ3v) is 19.8. The van der Waals surface area contributed by atoms with Gasteiger partial charge in [0.25, 0.3) is 0 Å². The lowest BCUT2D eigenvalue weighted by atomic mass is 10.0. The molecule has 0 aliphatic heterocycles. The molecule has 0 spiro atoms. The Morgan fingerprint density at radius 3 is 0.478 bits per heavy atom. The Kier molecular flexibility index (Phi) is 65.5. The average molecular weight is 1320 g/mol. The summed E-state index contributed by atoms with van der Waals surface area (Å²) in [6, 6.07) is 0. The maximum atomic E-state index is 13.9. The molecule has 90 heavy (non-hydrogen) atoms. The van der Waals surface area contributed by atoms with E-state index in [-0.39, 0.29) is 39.5 Å². The van der Waals surface area contributed by atoms with Crippen LogP contribution in [0, 0.1) is 0 Å². The molecule has 0 atom stereocenters. The summed E-state index contributed by atoms with van der Waals surface area (Å²) in [6.45, 7) is 6.95. The summed E-state index contributed by atoms with van der Waals surface area (Å²) < 4.78 is 21.0. The predicted molar refractivity (Wildman–Crippen MR) is 403 cm³/mol. The first kappa shape index (κ1) is 86.1. The number of rotatable bonds is 72. The second-order valence-electron chi connectivity index (χ2n) is 27.4. The van der Waals surface area contributed by atoms with Gasteiger partial charge in [-0.1, -0.05) is 387 Å². The van der Waals surface area contributed by atoms with Gasteiger partial charge in [-0.25, -0.2) is 28.1 Å². The molecule has 1 heterocycles. The second-order valence-corrected chi connectivity index (χ2v) is 28.7. The third kappa shape index (κ3) is 55.4. The van der Waals surface area contributed by atoms with E-state index < -0.39 is 17.1 Å². The van der Waals surface area contributed by atoms with Gasteiger partial charge in [0, 0.05) is 19.3 Å². The van der Waals surface area contributed by atoms with E-state index >= 15 is 0 Å². The van der Waals surface area contributed by atoms with Gasteiger partial charge in [0.05, 0.1) is 19.6 Å². The molecule has 9 nitrogen and oxygen atoms in total. The summed E-state index contributed by atoms with van der Waals surface area (Å²) in [4.78, 5) is 41.6. The molecule has 0 bridgehead atoms. The van der Waals surface area contributed by atoms with Gasteiger partial charge in [0.15, 0.2) is 15.2 Å². The van der Waals surface area contributed by atoms with Gasteiger partial charge < -0.3 is 14.2 Å². The largest absolute Gasteiger partial charge is 0.485 e. The molecule has 0 saturated carbocycles. The van der Waals surface area contributed by atoms with Crippen LogP contribution < -0.4 is 17.1 Å². The van der Waals surface area contributed by atoms with E-state index in [1.807, 2.05) is 0 Å². The molecule has 0 radical (unpaired) electrons. The number of unbranched alkanes of at least 4 members (excludes halogenated alkanes) is 57. The van der Waals surface area contributed by atoms with Crippen molar-refractivity contribution in [1.29, 1.82) is 0 Å². The molecule has 1 rings (SSSR count). The molecular weight excluding hydrogens is 1170 g/mol. The van der Waals surface area contributed by atoms with Crippen molar-refractivity contribution in [3.8, 4) is 0 Å². The Bertz CT molecular complexity index is 1690. The molecule has 1 aromatic rings. The van der Waals surface area contributed by atoms with Crippen LogP contribution in [0.1, 0.15) is 425 Å². The molecule has 0 N–H and O–H groups in total. The first-order chi connectivity index (χ1) is 44.3. The number of nitrogens with zero attached hydrogens (tertiary/aromatic N) is 3. The predicted octanol–water partition coefficient (Wildman–Crippen LogP) is 24.8. The summed E-state index contributed by atoms with van der Waals surface area (Å²) in [5, 5.41) is 1.47. The Hall–Kier alpha value is -1.92. The Labute approximate surface area is 572 Å². The van der Waals surface area contributed by atoms with Crippen molar-refractivity contribution >= 4 is 51.8 Å². The number of aromatic nitrogens is 3. The summed E-state index contributed by atoms with van der Waals surface area (Å²) in [5.41, 5.74) is -2.07. The van der Waals surface area contributed by atoms with E-state index in [1.54, 1.807) is 0 Å². The fourth-order valence-electron chi connectivity index (χ4n) is 12.8. The van der Waals surface area contributed by atoms with Crippen molar-refractivity contribution in [3.63, 3.8) is 0 Å². The monoisotopic (exact) mass is 1320 g/mol. The van der Waals surface area contributed by atoms with E-state index in [4.69, 9.17) is 50.9 Å². The van der Waals surface area contributed by atoms with Crippen LogP contribution in [-0.2, 0) is 33.8 Å². The number of ether oxygens (including phenoxy) is 3. The van der Waals surface area contributed by atoms with Gasteiger partial charge in [-0.2, -0.15) is 0 Å². The number of hydrogen-bond acceptors (Lipinski definition) is 9. The minimum absolute atomic E-state index is 0.0330. The number of thiocarbonyl (C=S) groups is 3. The quantitative estimate of drug-likeness (QED) is 0.0467. The van der Waals surface area contributed by atoms with Crippen molar-refractivity contribution in [2.75, 3.05) is 19.8 Å². The number of hydrogen-bond donors (Lipinski definition) is 0. The van der Waals surface area contributed by atoms with Crippen molar-refractivity contribution in [2.24, 2.45) is 0 Å². The molecule has 0 amide bonds. The molecule has 1 aromatic heterocycles. The lowest BCUT2D eigenvalue weighted by Gasteiger charge is -2.15. The summed E-state index contributed by atoms with van der Waals surface area (Å²) in [6.07, 6.45) is 82.3. The Morgan fingerprint density at radius 1 is 0.222 bits per heavy atom. The maximum Gasteiger partial charge on any atom is 0.336 e. The zero-order valence-corrected chi connectivity index (χ0v) is 62.3. The van der Waals surface area contributed by atoms with E-state index in [1.165, 1.54) is 347 Å². The van der Waals surface area contributed by atoms with Gasteiger partial charge in [0.2, 0.25) is 0 Å². The van der Waals surface area contributed by atoms with Gasteiger partial charge in [-0.05, 0) is 55.9 Å². The summed E-state index contributed by atoms with van der Waals surface area (Å²) >= 11 is 16.8. The van der Waals surface area contributed by atoms with Crippen LogP contribution in [0.25, 0.3) is 0 Å². The minimum atomic E-state index is -0.690. The first-order valence-electron chi connectivity index (χ1n) is 39.7. The lowest BCUT2D eigenvalue weighted by molar-refractivity contribution is 0.247. The molecular formula is C78H147N3O6S3. The Morgan fingerprint density at radius 2 is 0.344 bits per heavy atom. The van der Waals surface area contributed by atoms with Crippen molar-refractivity contribution in [2.45, 2.75) is 445 Å². The lowest BCUT2D eigenvalue weighted by Crippen LogP contribution is -2.55. The highest BCUT2D eigenvalue weighted by Crippen LogP contribution is 2.20. The van der Waals surface area contributed by atoms with E-state index in [9.17, 15) is 14.4 Å². The molecule has 12 heteroatoms. The molecule has 528 valence electrons. The summed E-state index contributed by atoms with van der Waals surface area (Å²) in [7, 11) is 0. The average Bonchev–Trinajstić information content (AvgIpc) is 0.821. The summed E-state index contributed by atoms with van der Waals surface area (Å²) in [5.74, 6) is 0. The van der Waals surface area contributed by atoms with Crippen LogP contribution in [-0.4, -0.2) is 48.7 Å². The Balaban J connectivity index is 2.48. The van der Waals surface area contributed by atoms with Crippen molar-refractivity contribution < 1.29 is 14.2 Å². The van der Waals surface area contributed by atoms with Crippen LogP contribution in [0.2, 0.25) is 0 Å². The second kappa shape index (κ2) is 68.5. The van der Waals surface area contributed by atoms with E-state index in [0.717, 1.165) is 52.2 Å². The van der Waals surface area contributed by atoms with Crippen molar-refractivity contribution in [3.05, 3.63) is 31.5 Å². The van der Waals surface area contributed by atoms with Crippen LogP contribution >= 0.6 is 36.7 Å². The van der Waals surface area contributed by atoms with Gasteiger partial charge in [0.1, 0.15) is 19.8 Å².